The van der Waals surface area contributed by atoms with Crippen LogP contribution in [0.2, 0.25) is 0 Å². The van der Waals surface area contributed by atoms with Gasteiger partial charge in [0.1, 0.15) is 22.1 Å². The van der Waals surface area contributed by atoms with E-state index in [0.717, 1.165) is 6.07 Å². The average molecular weight is 471 g/mol. The molecule has 10 nitrogen and oxygen atoms in total. The van der Waals surface area contributed by atoms with Crippen molar-refractivity contribution in [2.75, 3.05) is 36.1 Å². The summed E-state index contributed by atoms with van der Waals surface area (Å²) in [7, 11) is -4.09. The van der Waals surface area contributed by atoms with Crippen LogP contribution in [0, 0.1) is 5.92 Å². The predicted octanol–water partition coefficient (Wildman–Crippen LogP) is 1.83. The number of benzene rings is 2. The first-order valence-corrected chi connectivity index (χ1v) is 12.1. The van der Waals surface area contributed by atoms with Crippen molar-refractivity contribution in [1.29, 1.82) is 0 Å². The third-order valence-corrected chi connectivity index (χ3v) is 7.94. The van der Waals surface area contributed by atoms with Gasteiger partial charge >= 0.3 is 0 Å². The molecule has 2 aromatic carbocycles. The number of methoxy groups -OCH3 is 3. The maximum atomic E-state index is 13.2. The fourth-order valence-corrected chi connectivity index (χ4v) is 6.25. The highest BCUT2D eigenvalue weighted by Gasteiger charge is 2.42. The molecule has 0 aromatic heterocycles. The lowest BCUT2D eigenvalue weighted by Gasteiger charge is -2.19. The topological polar surface area (TPSA) is 128 Å². The lowest BCUT2D eigenvalue weighted by Crippen LogP contribution is -2.30. The molecule has 2 aromatic rings. The first kappa shape index (κ1) is 22.7. The normalized spacial score (nSPS) is 18.0. The van der Waals surface area contributed by atoms with Gasteiger partial charge < -0.3 is 14.2 Å². The van der Waals surface area contributed by atoms with Crippen LogP contribution in [0.3, 0.4) is 0 Å². The van der Waals surface area contributed by atoms with Gasteiger partial charge in [-0.3, -0.25) is 9.52 Å². The maximum Gasteiger partial charge on any atom is 0.265 e. The van der Waals surface area contributed by atoms with Crippen molar-refractivity contribution in [3.05, 3.63) is 36.4 Å². The predicted molar refractivity (Wildman–Crippen MR) is 114 cm³/mol. The average Bonchev–Trinajstić information content (AvgIpc) is 2.93. The number of nitrogens with zero attached hydrogens (tertiary/aromatic N) is 1. The lowest BCUT2D eigenvalue weighted by molar-refractivity contribution is -0.119. The molecule has 0 bridgehead atoms. The van der Waals surface area contributed by atoms with Crippen molar-refractivity contribution in [1.82, 2.24) is 0 Å². The van der Waals surface area contributed by atoms with E-state index in [-0.39, 0.29) is 33.5 Å². The van der Waals surface area contributed by atoms with E-state index in [1.807, 2.05) is 0 Å². The maximum absolute atomic E-state index is 13.2. The van der Waals surface area contributed by atoms with Crippen molar-refractivity contribution in [3.8, 4) is 17.2 Å². The second-order valence-electron chi connectivity index (χ2n) is 6.79. The summed E-state index contributed by atoms with van der Waals surface area (Å²) < 4.78 is 69.7. The SMILES string of the molecule is COc1ccc(OC)c(NS(=O)(=O)c2cc(N3C(=O)C(C)CS3(=O)=O)ccc2OC)c1. The second kappa shape index (κ2) is 8.27. The summed E-state index contributed by atoms with van der Waals surface area (Å²) in [4.78, 5) is 12.1. The van der Waals surface area contributed by atoms with Crippen LogP contribution < -0.4 is 23.2 Å². The van der Waals surface area contributed by atoms with Crippen LogP contribution in [0.25, 0.3) is 0 Å². The summed E-state index contributed by atoms with van der Waals surface area (Å²) in [5, 5.41) is 0. The highest BCUT2D eigenvalue weighted by atomic mass is 32.2. The van der Waals surface area contributed by atoms with Crippen molar-refractivity contribution in [2.24, 2.45) is 5.92 Å². The molecule has 1 aliphatic rings. The van der Waals surface area contributed by atoms with E-state index >= 15 is 0 Å². The Morgan fingerprint density at radius 3 is 2.19 bits per heavy atom. The molecular weight excluding hydrogens is 448 g/mol. The van der Waals surface area contributed by atoms with E-state index in [2.05, 4.69) is 4.72 Å². The van der Waals surface area contributed by atoms with Crippen LogP contribution in [0.5, 0.6) is 17.2 Å². The number of ether oxygens (including phenoxy) is 3. The first-order chi connectivity index (χ1) is 14.5. The Balaban J connectivity index is 2.10. The van der Waals surface area contributed by atoms with E-state index < -0.39 is 31.9 Å². The van der Waals surface area contributed by atoms with E-state index in [9.17, 15) is 21.6 Å². The Hall–Kier alpha value is -2.99. The van der Waals surface area contributed by atoms with Crippen LogP contribution in [0.1, 0.15) is 6.92 Å². The van der Waals surface area contributed by atoms with Gasteiger partial charge in [0.25, 0.3) is 10.0 Å². The summed E-state index contributed by atoms with van der Waals surface area (Å²) in [6.07, 6.45) is 0. The number of rotatable bonds is 7. The molecule has 0 spiro atoms. The minimum absolute atomic E-state index is 0.0322. The summed E-state index contributed by atoms with van der Waals surface area (Å²) in [6.45, 7) is 1.50. The standard InChI is InChI=1S/C19H22N2O8S2/c1-12-11-30(23,24)21(19(12)22)13-5-7-17(29-4)18(9-13)31(25,26)20-15-10-14(27-2)6-8-16(15)28-3/h5-10,12,20H,11H2,1-4H3. The van der Waals surface area contributed by atoms with Gasteiger partial charge in [0, 0.05) is 6.07 Å². The largest absolute Gasteiger partial charge is 0.497 e. The minimum Gasteiger partial charge on any atom is -0.497 e. The number of carbonyl (C=O) groups excluding carboxylic acids is 1. The Kier molecular flexibility index (Phi) is 6.05. The molecule has 1 saturated heterocycles. The molecule has 31 heavy (non-hydrogen) atoms. The van der Waals surface area contributed by atoms with Gasteiger partial charge in [0.05, 0.1) is 44.4 Å². The van der Waals surface area contributed by atoms with Crippen LogP contribution in [-0.4, -0.2) is 49.8 Å². The minimum atomic E-state index is -4.28. The molecule has 1 heterocycles. The summed E-state index contributed by atoms with van der Waals surface area (Å²) in [6, 6.07) is 8.25. The highest BCUT2D eigenvalue weighted by Crippen LogP contribution is 2.36. The molecule has 168 valence electrons. The summed E-state index contributed by atoms with van der Waals surface area (Å²) in [5.41, 5.74) is 0.0148. The van der Waals surface area contributed by atoms with Crippen molar-refractivity contribution < 1.29 is 35.8 Å². The fourth-order valence-electron chi connectivity index (χ4n) is 3.18. The summed E-state index contributed by atoms with van der Waals surface area (Å²) in [5.74, 6) is -1.11. The lowest BCUT2D eigenvalue weighted by atomic mass is 10.2. The Labute approximate surface area is 180 Å². The molecule has 1 N–H and O–H groups in total. The zero-order valence-electron chi connectivity index (χ0n) is 17.3. The second-order valence-corrected chi connectivity index (χ2v) is 10.3. The van der Waals surface area contributed by atoms with E-state index in [4.69, 9.17) is 14.2 Å². The van der Waals surface area contributed by atoms with Gasteiger partial charge in [-0.1, -0.05) is 6.92 Å². The van der Waals surface area contributed by atoms with E-state index in [1.165, 1.54) is 52.5 Å². The van der Waals surface area contributed by atoms with Gasteiger partial charge in [-0.2, -0.15) is 0 Å². The molecule has 3 rings (SSSR count). The number of anilines is 2. The van der Waals surface area contributed by atoms with Crippen LogP contribution in [0.15, 0.2) is 41.3 Å². The number of hydrogen-bond acceptors (Lipinski definition) is 8. The Morgan fingerprint density at radius 2 is 1.65 bits per heavy atom. The molecule has 0 radical (unpaired) electrons. The zero-order valence-corrected chi connectivity index (χ0v) is 18.9. The quantitative estimate of drug-likeness (QED) is 0.649. The van der Waals surface area contributed by atoms with E-state index in [0.29, 0.717) is 10.1 Å². The molecule has 0 saturated carbocycles. The van der Waals surface area contributed by atoms with Gasteiger partial charge in [-0.25, -0.2) is 21.1 Å². The van der Waals surface area contributed by atoms with Crippen molar-refractivity contribution in [3.63, 3.8) is 0 Å². The number of nitrogens with one attached hydrogen (secondary N) is 1. The molecular formula is C19H22N2O8S2. The smallest absolute Gasteiger partial charge is 0.265 e. The van der Waals surface area contributed by atoms with Crippen LogP contribution >= 0.6 is 0 Å². The van der Waals surface area contributed by atoms with E-state index in [1.54, 1.807) is 6.07 Å². The molecule has 1 aliphatic heterocycles. The molecule has 1 fully saturated rings. The third-order valence-electron chi connectivity index (χ3n) is 4.68. The molecule has 12 heteroatoms. The van der Waals surface area contributed by atoms with Crippen LogP contribution in [0.4, 0.5) is 11.4 Å². The molecule has 1 atom stereocenters. The highest BCUT2D eigenvalue weighted by molar-refractivity contribution is 7.94. The molecule has 1 unspecified atom stereocenters. The first-order valence-electron chi connectivity index (χ1n) is 9.03. The van der Waals surface area contributed by atoms with Crippen LogP contribution in [-0.2, 0) is 24.8 Å². The van der Waals surface area contributed by atoms with Crippen molar-refractivity contribution in [2.45, 2.75) is 11.8 Å². The fraction of sp³-hybridized carbons (Fsp3) is 0.316. The monoisotopic (exact) mass is 470 g/mol. The van der Waals surface area contributed by atoms with Gasteiger partial charge in [-0.05, 0) is 30.3 Å². The molecule has 0 aliphatic carbocycles. The zero-order chi connectivity index (χ0) is 23.0. The van der Waals surface area contributed by atoms with Gasteiger partial charge in [-0.15, -0.1) is 0 Å². The van der Waals surface area contributed by atoms with Crippen molar-refractivity contribution >= 4 is 37.3 Å². The number of sulfonamides is 2. The summed E-state index contributed by atoms with van der Waals surface area (Å²) >= 11 is 0. The molecule has 1 amide bonds. The number of carbonyl (C=O) groups is 1. The number of hydrogen-bond donors (Lipinski definition) is 1. The van der Waals surface area contributed by atoms with Gasteiger partial charge in [0.2, 0.25) is 15.9 Å². The Bertz CT molecular complexity index is 1230. The Morgan fingerprint density at radius 1 is 1.00 bits per heavy atom. The van der Waals surface area contributed by atoms with Gasteiger partial charge in [0.15, 0.2) is 0 Å². The number of amides is 1. The third kappa shape index (κ3) is 4.26.